The first kappa shape index (κ1) is 19.9. The Balaban J connectivity index is 1.59. The molecule has 148 valence electrons. The van der Waals surface area contributed by atoms with E-state index in [9.17, 15) is 14.4 Å². The van der Waals surface area contributed by atoms with Gasteiger partial charge < -0.3 is 14.8 Å². The highest BCUT2D eigenvalue weighted by atomic mass is 16.2. The van der Waals surface area contributed by atoms with E-state index in [0.29, 0.717) is 12.1 Å². The van der Waals surface area contributed by atoms with Crippen molar-refractivity contribution in [3.8, 4) is 0 Å². The number of amides is 2. The number of aromatic nitrogens is 1. The third-order valence-corrected chi connectivity index (χ3v) is 5.04. The van der Waals surface area contributed by atoms with Crippen LogP contribution in [-0.2, 0) is 17.8 Å². The van der Waals surface area contributed by atoms with Gasteiger partial charge in [-0.25, -0.2) is 0 Å². The Labute approximate surface area is 165 Å². The minimum atomic E-state index is -0.276. The Hall–Kier alpha value is -2.89. The van der Waals surface area contributed by atoms with E-state index in [0.717, 1.165) is 44.3 Å². The second kappa shape index (κ2) is 9.35. The van der Waals surface area contributed by atoms with Crippen LogP contribution in [0.5, 0.6) is 0 Å². The maximum atomic E-state index is 12.4. The van der Waals surface area contributed by atoms with Crippen LogP contribution in [-0.4, -0.2) is 40.9 Å². The van der Waals surface area contributed by atoms with Gasteiger partial charge in [0.05, 0.1) is 5.56 Å². The number of carbonyl (C=O) groups excluding carboxylic acids is 2. The first-order valence-corrected chi connectivity index (χ1v) is 9.85. The topological polar surface area (TPSA) is 71.4 Å². The Morgan fingerprint density at radius 2 is 1.86 bits per heavy atom. The normalized spacial score (nSPS) is 14.0. The molecule has 2 heterocycles. The molecule has 1 aliphatic heterocycles. The van der Waals surface area contributed by atoms with Crippen molar-refractivity contribution in [3.63, 3.8) is 0 Å². The molecule has 1 aromatic carbocycles. The van der Waals surface area contributed by atoms with E-state index in [4.69, 9.17) is 0 Å². The van der Waals surface area contributed by atoms with Gasteiger partial charge in [-0.3, -0.25) is 14.4 Å². The quantitative estimate of drug-likeness (QED) is 0.833. The number of aryl methyl sites for hydroxylation is 1. The van der Waals surface area contributed by atoms with Crippen molar-refractivity contribution in [3.05, 3.63) is 69.6 Å². The molecular formula is C22H27N3O3. The standard InChI is InChI=1S/C22H27N3O3/c1-17-6-5-7-18(14-17)10-11-23-22(28)19-8-9-20(26)25(15-19)16-21(27)24-12-3-2-4-13-24/h5-9,14-15H,2-4,10-13,16H2,1H3,(H,23,28). The molecule has 0 aliphatic carbocycles. The van der Waals surface area contributed by atoms with Crippen LogP contribution in [0.3, 0.4) is 0 Å². The molecule has 6 heteroatoms. The zero-order chi connectivity index (χ0) is 19.9. The Bertz CT molecular complexity index is 898. The van der Waals surface area contributed by atoms with Crippen molar-refractivity contribution in [2.24, 2.45) is 0 Å². The highest BCUT2D eigenvalue weighted by molar-refractivity contribution is 5.93. The number of nitrogens with zero attached hydrogens (tertiary/aromatic N) is 2. The Morgan fingerprint density at radius 3 is 2.61 bits per heavy atom. The van der Waals surface area contributed by atoms with Gasteiger partial charge in [0.15, 0.2) is 0 Å². The molecule has 0 spiro atoms. The highest BCUT2D eigenvalue weighted by Gasteiger charge is 2.17. The molecule has 2 amide bonds. The third-order valence-electron chi connectivity index (χ3n) is 5.04. The molecule has 0 bridgehead atoms. The predicted molar refractivity (Wildman–Crippen MR) is 108 cm³/mol. The van der Waals surface area contributed by atoms with Gasteiger partial charge in [-0.1, -0.05) is 29.8 Å². The second-order valence-electron chi connectivity index (χ2n) is 7.32. The number of likely N-dealkylation sites (tertiary alicyclic amines) is 1. The number of hydrogen-bond acceptors (Lipinski definition) is 3. The van der Waals surface area contributed by atoms with Crippen molar-refractivity contribution in [1.29, 1.82) is 0 Å². The summed E-state index contributed by atoms with van der Waals surface area (Å²) in [7, 11) is 0. The van der Waals surface area contributed by atoms with Crippen molar-refractivity contribution < 1.29 is 9.59 Å². The first-order valence-electron chi connectivity index (χ1n) is 9.85. The number of hydrogen-bond donors (Lipinski definition) is 1. The Morgan fingerprint density at radius 1 is 1.07 bits per heavy atom. The van der Waals surface area contributed by atoms with Gasteiger partial charge in [-0.05, 0) is 44.2 Å². The summed E-state index contributed by atoms with van der Waals surface area (Å²) < 4.78 is 1.33. The van der Waals surface area contributed by atoms with Gasteiger partial charge in [0.25, 0.3) is 11.5 Å². The van der Waals surface area contributed by atoms with E-state index < -0.39 is 0 Å². The second-order valence-corrected chi connectivity index (χ2v) is 7.32. The number of carbonyl (C=O) groups is 2. The molecule has 0 atom stereocenters. The van der Waals surface area contributed by atoms with Crippen LogP contribution in [0.2, 0.25) is 0 Å². The Kier molecular flexibility index (Phi) is 6.63. The maximum absolute atomic E-state index is 12.4. The number of piperidine rings is 1. The van der Waals surface area contributed by atoms with Crippen LogP contribution in [0.1, 0.15) is 40.7 Å². The fourth-order valence-corrected chi connectivity index (χ4v) is 3.47. The molecule has 6 nitrogen and oxygen atoms in total. The van der Waals surface area contributed by atoms with Gasteiger partial charge in [0.2, 0.25) is 5.91 Å². The van der Waals surface area contributed by atoms with Crippen LogP contribution in [0.15, 0.2) is 47.4 Å². The minimum absolute atomic E-state index is 0.0246. The molecule has 1 aliphatic rings. The van der Waals surface area contributed by atoms with E-state index in [1.54, 1.807) is 4.90 Å². The fourth-order valence-electron chi connectivity index (χ4n) is 3.47. The van der Waals surface area contributed by atoms with Gasteiger partial charge in [0, 0.05) is 31.9 Å². The van der Waals surface area contributed by atoms with Gasteiger partial charge in [-0.2, -0.15) is 0 Å². The monoisotopic (exact) mass is 381 g/mol. The van der Waals surface area contributed by atoms with Gasteiger partial charge in [0.1, 0.15) is 6.54 Å². The van der Waals surface area contributed by atoms with Gasteiger partial charge in [-0.15, -0.1) is 0 Å². The molecule has 2 aromatic rings. The molecule has 1 saturated heterocycles. The number of pyridine rings is 1. The molecule has 28 heavy (non-hydrogen) atoms. The maximum Gasteiger partial charge on any atom is 0.252 e. The summed E-state index contributed by atoms with van der Waals surface area (Å²) in [6.45, 7) is 4.01. The molecular weight excluding hydrogens is 354 g/mol. The number of nitrogens with one attached hydrogen (secondary N) is 1. The van der Waals surface area contributed by atoms with Crippen LogP contribution in [0, 0.1) is 6.92 Å². The van der Waals surface area contributed by atoms with Gasteiger partial charge >= 0.3 is 0 Å². The third kappa shape index (κ3) is 5.31. The lowest BCUT2D eigenvalue weighted by atomic mass is 10.1. The zero-order valence-electron chi connectivity index (χ0n) is 16.3. The lowest BCUT2D eigenvalue weighted by molar-refractivity contribution is -0.132. The molecule has 1 fully saturated rings. The SMILES string of the molecule is Cc1cccc(CCNC(=O)c2ccc(=O)n(CC(=O)N3CCCCC3)c2)c1. The zero-order valence-corrected chi connectivity index (χ0v) is 16.3. The van der Waals surface area contributed by atoms with E-state index in [1.807, 2.05) is 25.1 Å². The smallest absolute Gasteiger partial charge is 0.252 e. The van der Waals surface area contributed by atoms with E-state index >= 15 is 0 Å². The van der Waals surface area contributed by atoms with Crippen molar-refractivity contribution in [2.75, 3.05) is 19.6 Å². The van der Waals surface area contributed by atoms with Crippen molar-refractivity contribution in [1.82, 2.24) is 14.8 Å². The van der Waals surface area contributed by atoms with E-state index in [2.05, 4.69) is 11.4 Å². The van der Waals surface area contributed by atoms with Crippen LogP contribution in [0.4, 0.5) is 0 Å². The molecule has 0 unspecified atom stereocenters. The molecule has 1 aromatic heterocycles. The summed E-state index contributed by atoms with van der Waals surface area (Å²) in [6, 6.07) is 11.0. The molecule has 0 saturated carbocycles. The van der Waals surface area contributed by atoms with E-state index in [1.165, 1.54) is 28.5 Å². The first-order chi connectivity index (χ1) is 13.5. The summed E-state index contributed by atoms with van der Waals surface area (Å²) in [6.07, 6.45) is 5.36. The van der Waals surface area contributed by atoms with Crippen LogP contribution in [0.25, 0.3) is 0 Å². The van der Waals surface area contributed by atoms with Crippen molar-refractivity contribution in [2.45, 2.75) is 39.2 Å². The molecule has 3 rings (SSSR count). The lowest BCUT2D eigenvalue weighted by Gasteiger charge is -2.27. The summed E-state index contributed by atoms with van der Waals surface area (Å²) in [5, 5.41) is 2.88. The summed E-state index contributed by atoms with van der Waals surface area (Å²) >= 11 is 0. The highest BCUT2D eigenvalue weighted by Crippen LogP contribution is 2.09. The number of benzene rings is 1. The van der Waals surface area contributed by atoms with Crippen LogP contribution < -0.4 is 10.9 Å². The fraction of sp³-hybridized carbons (Fsp3) is 0.409. The average molecular weight is 381 g/mol. The molecule has 0 radical (unpaired) electrons. The largest absolute Gasteiger partial charge is 0.352 e. The average Bonchev–Trinajstić information content (AvgIpc) is 2.70. The lowest BCUT2D eigenvalue weighted by Crippen LogP contribution is -2.39. The predicted octanol–water partition coefficient (Wildman–Crippen LogP) is 2.14. The number of rotatable bonds is 6. The van der Waals surface area contributed by atoms with Crippen LogP contribution >= 0.6 is 0 Å². The minimum Gasteiger partial charge on any atom is -0.352 e. The van der Waals surface area contributed by atoms with E-state index in [-0.39, 0.29) is 23.9 Å². The molecule has 1 N–H and O–H groups in total. The summed E-state index contributed by atoms with van der Waals surface area (Å²) in [4.78, 5) is 38.8. The van der Waals surface area contributed by atoms with Crippen molar-refractivity contribution >= 4 is 11.8 Å². The summed E-state index contributed by atoms with van der Waals surface area (Å²) in [5.41, 5.74) is 2.46. The summed E-state index contributed by atoms with van der Waals surface area (Å²) in [5.74, 6) is -0.314.